The Balaban J connectivity index is 1.51. The van der Waals surface area contributed by atoms with Crippen LogP contribution in [-0.2, 0) is 9.47 Å². The Kier molecular flexibility index (Phi) is 6.91. The van der Waals surface area contributed by atoms with Crippen LogP contribution in [0.1, 0.15) is 44.4 Å². The molecule has 1 fully saturated rings. The van der Waals surface area contributed by atoms with Crippen molar-refractivity contribution in [1.29, 1.82) is 0 Å². The van der Waals surface area contributed by atoms with Gasteiger partial charge in [-0.2, -0.15) is 4.98 Å². The highest BCUT2D eigenvalue weighted by molar-refractivity contribution is 5.64. The molecule has 1 atom stereocenters. The molecule has 2 aromatic heterocycles. The molecule has 1 aliphatic heterocycles. The fourth-order valence-electron chi connectivity index (χ4n) is 4.33. The van der Waals surface area contributed by atoms with Gasteiger partial charge in [-0.15, -0.1) is 0 Å². The van der Waals surface area contributed by atoms with Gasteiger partial charge < -0.3 is 23.6 Å². The largest absolute Gasteiger partial charge is 0.490 e. The van der Waals surface area contributed by atoms with E-state index in [0.717, 1.165) is 52.5 Å². The van der Waals surface area contributed by atoms with Crippen molar-refractivity contribution >= 4 is 5.82 Å². The minimum absolute atomic E-state index is 0.0848. The molecule has 34 heavy (non-hydrogen) atoms. The van der Waals surface area contributed by atoms with Crippen molar-refractivity contribution in [3.8, 4) is 28.6 Å². The summed E-state index contributed by atoms with van der Waals surface area (Å²) < 4.78 is 23.1. The van der Waals surface area contributed by atoms with Crippen molar-refractivity contribution in [2.75, 3.05) is 31.2 Å². The van der Waals surface area contributed by atoms with Crippen LogP contribution in [0.3, 0.4) is 0 Å². The summed E-state index contributed by atoms with van der Waals surface area (Å²) in [6.45, 7) is 16.9. The Hall–Kier alpha value is -2.97. The molecule has 1 aliphatic rings. The summed E-state index contributed by atoms with van der Waals surface area (Å²) >= 11 is 0. The zero-order valence-corrected chi connectivity index (χ0v) is 21.1. The molecule has 0 radical (unpaired) electrons. The van der Waals surface area contributed by atoms with E-state index in [4.69, 9.17) is 18.7 Å². The van der Waals surface area contributed by atoms with Gasteiger partial charge in [-0.25, -0.2) is 4.98 Å². The van der Waals surface area contributed by atoms with Crippen molar-refractivity contribution in [3.05, 3.63) is 41.1 Å². The summed E-state index contributed by atoms with van der Waals surface area (Å²) in [7, 11) is 0. The summed E-state index contributed by atoms with van der Waals surface area (Å²) in [5, 5.41) is 4.22. The van der Waals surface area contributed by atoms with Crippen LogP contribution in [0.4, 0.5) is 5.82 Å². The minimum Gasteiger partial charge on any atom is -0.490 e. The molecular formula is C26H34N4O4. The van der Waals surface area contributed by atoms with Gasteiger partial charge in [-0.05, 0) is 83.4 Å². The van der Waals surface area contributed by atoms with Gasteiger partial charge in [-0.3, -0.25) is 0 Å². The average molecular weight is 467 g/mol. The van der Waals surface area contributed by atoms with Crippen LogP contribution in [0.15, 0.2) is 28.9 Å². The molecule has 0 spiro atoms. The van der Waals surface area contributed by atoms with Crippen molar-refractivity contribution in [2.45, 2.75) is 60.4 Å². The topological polar surface area (TPSA) is 82.7 Å². The zero-order chi connectivity index (χ0) is 24.5. The van der Waals surface area contributed by atoms with Gasteiger partial charge in [0, 0.05) is 24.8 Å². The maximum absolute atomic E-state index is 6.09. The van der Waals surface area contributed by atoms with Gasteiger partial charge in [0.1, 0.15) is 24.3 Å². The number of rotatable bonds is 8. The van der Waals surface area contributed by atoms with Crippen molar-refractivity contribution < 1.29 is 18.7 Å². The standard InChI is InChI=1S/C26H34N4O4/c1-8-30(9-2)24-18(5)12-20(13-27-24)25-28-23(29-34-25)19-10-16(3)22(17(4)11-19)31-14-21-15-32-26(6,7)33-21/h10-13,21H,8-9,14-15H2,1-7H3/t21-/m0/s1. The van der Waals surface area contributed by atoms with E-state index in [1.165, 1.54) is 0 Å². The molecule has 1 saturated heterocycles. The van der Waals surface area contributed by atoms with E-state index in [0.29, 0.717) is 24.9 Å². The molecule has 4 rings (SSSR count). The Labute approximate surface area is 201 Å². The molecule has 1 aromatic carbocycles. The van der Waals surface area contributed by atoms with Gasteiger partial charge in [0.05, 0.1) is 12.2 Å². The van der Waals surface area contributed by atoms with Gasteiger partial charge in [0.2, 0.25) is 5.82 Å². The number of aromatic nitrogens is 3. The number of hydrogen-bond acceptors (Lipinski definition) is 8. The second-order valence-electron chi connectivity index (χ2n) is 9.16. The monoisotopic (exact) mass is 466 g/mol. The average Bonchev–Trinajstić information content (AvgIpc) is 3.41. The smallest absolute Gasteiger partial charge is 0.259 e. The van der Waals surface area contributed by atoms with Gasteiger partial charge >= 0.3 is 0 Å². The summed E-state index contributed by atoms with van der Waals surface area (Å²) in [5.74, 6) is 2.25. The molecule has 3 heterocycles. The molecule has 0 bridgehead atoms. The first-order valence-electron chi connectivity index (χ1n) is 11.8. The van der Waals surface area contributed by atoms with E-state index in [1.54, 1.807) is 6.20 Å². The number of anilines is 1. The number of pyridine rings is 1. The third-order valence-corrected chi connectivity index (χ3v) is 5.99. The molecule has 8 heteroatoms. The third kappa shape index (κ3) is 5.08. The molecule has 0 amide bonds. The second kappa shape index (κ2) is 9.72. The lowest BCUT2D eigenvalue weighted by molar-refractivity contribution is -0.141. The van der Waals surface area contributed by atoms with Gasteiger partial charge in [-0.1, -0.05) is 5.16 Å². The first-order valence-corrected chi connectivity index (χ1v) is 11.8. The number of nitrogens with zero attached hydrogens (tertiary/aromatic N) is 4. The van der Waals surface area contributed by atoms with Crippen LogP contribution in [-0.4, -0.2) is 53.3 Å². The maximum Gasteiger partial charge on any atom is 0.259 e. The highest BCUT2D eigenvalue weighted by Crippen LogP contribution is 2.32. The molecule has 0 N–H and O–H groups in total. The van der Waals surface area contributed by atoms with Crippen LogP contribution in [0.25, 0.3) is 22.8 Å². The predicted molar refractivity (Wildman–Crippen MR) is 131 cm³/mol. The first-order chi connectivity index (χ1) is 16.2. The summed E-state index contributed by atoms with van der Waals surface area (Å²) in [6.07, 6.45) is 1.71. The molecular weight excluding hydrogens is 432 g/mol. The van der Waals surface area contributed by atoms with E-state index in [-0.39, 0.29) is 6.10 Å². The SMILES string of the molecule is CCN(CC)c1ncc(-c2nc(-c3cc(C)c(OC[C@H]4COC(C)(C)O4)c(C)c3)no2)cc1C. The number of aryl methyl sites for hydroxylation is 3. The highest BCUT2D eigenvalue weighted by atomic mass is 16.7. The summed E-state index contributed by atoms with van der Waals surface area (Å²) in [5.41, 5.74) is 4.76. The van der Waals surface area contributed by atoms with Crippen molar-refractivity contribution in [2.24, 2.45) is 0 Å². The van der Waals surface area contributed by atoms with Gasteiger partial charge in [0.15, 0.2) is 5.79 Å². The van der Waals surface area contributed by atoms with Gasteiger partial charge in [0.25, 0.3) is 5.89 Å². The normalized spacial score (nSPS) is 17.2. The van der Waals surface area contributed by atoms with Crippen LogP contribution in [0, 0.1) is 20.8 Å². The number of hydrogen-bond donors (Lipinski definition) is 0. The lowest BCUT2D eigenvalue weighted by Crippen LogP contribution is -2.25. The molecule has 182 valence electrons. The third-order valence-electron chi connectivity index (χ3n) is 5.99. The van der Waals surface area contributed by atoms with Crippen LogP contribution in [0.2, 0.25) is 0 Å². The number of ether oxygens (including phenoxy) is 3. The number of benzene rings is 1. The molecule has 0 unspecified atom stereocenters. The molecule has 0 saturated carbocycles. The van der Waals surface area contributed by atoms with E-state index in [2.05, 4.69) is 40.8 Å². The Morgan fingerprint density at radius 2 is 1.71 bits per heavy atom. The lowest BCUT2D eigenvalue weighted by Gasteiger charge is -2.21. The predicted octanol–water partition coefficient (Wildman–Crippen LogP) is 5.10. The van der Waals surface area contributed by atoms with E-state index >= 15 is 0 Å². The Bertz CT molecular complexity index is 1130. The second-order valence-corrected chi connectivity index (χ2v) is 9.16. The highest BCUT2D eigenvalue weighted by Gasteiger charge is 2.33. The molecule has 8 nitrogen and oxygen atoms in total. The Morgan fingerprint density at radius 1 is 1.03 bits per heavy atom. The van der Waals surface area contributed by atoms with Crippen molar-refractivity contribution in [1.82, 2.24) is 15.1 Å². The fourth-order valence-corrected chi connectivity index (χ4v) is 4.33. The summed E-state index contributed by atoms with van der Waals surface area (Å²) in [6, 6.07) is 6.07. The van der Waals surface area contributed by atoms with Crippen LogP contribution in [0.5, 0.6) is 5.75 Å². The summed E-state index contributed by atoms with van der Waals surface area (Å²) in [4.78, 5) is 11.5. The van der Waals surface area contributed by atoms with Crippen LogP contribution >= 0.6 is 0 Å². The molecule has 3 aromatic rings. The quantitative estimate of drug-likeness (QED) is 0.453. The minimum atomic E-state index is -0.557. The maximum atomic E-state index is 6.09. The zero-order valence-electron chi connectivity index (χ0n) is 21.1. The fraction of sp³-hybridized carbons (Fsp3) is 0.500. The van der Waals surface area contributed by atoms with Crippen LogP contribution < -0.4 is 9.64 Å². The van der Waals surface area contributed by atoms with E-state index < -0.39 is 5.79 Å². The van der Waals surface area contributed by atoms with Crippen molar-refractivity contribution in [3.63, 3.8) is 0 Å². The Morgan fingerprint density at radius 3 is 2.29 bits per heavy atom. The lowest BCUT2D eigenvalue weighted by atomic mass is 10.1. The molecule has 0 aliphatic carbocycles. The van der Waals surface area contributed by atoms with E-state index in [1.807, 2.05) is 45.9 Å². The van der Waals surface area contributed by atoms with E-state index in [9.17, 15) is 0 Å². The first kappa shape index (κ1) is 24.2.